The Morgan fingerprint density at radius 3 is 1.41 bits per heavy atom. The summed E-state index contributed by atoms with van der Waals surface area (Å²) in [4.78, 5) is 22.6. The molecule has 3 unspecified atom stereocenters. The van der Waals surface area contributed by atoms with Crippen LogP contribution in [0.25, 0.3) is 0 Å². The van der Waals surface area contributed by atoms with Gasteiger partial charge >= 0.3 is 13.8 Å². The topological polar surface area (TPSA) is 132 Å². The van der Waals surface area contributed by atoms with Crippen molar-refractivity contribution in [2.24, 2.45) is 0 Å². The van der Waals surface area contributed by atoms with Crippen LogP contribution in [0, 0.1) is 0 Å². The molecule has 0 saturated carbocycles. The average Bonchev–Trinajstić information content (AvgIpc) is 3.21. The van der Waals surface area contributed by atoms with Crippen LogP contribution < -0.4 is 0 Å². The minimum atomic E-state index is -4.52. The molecule has 0 saturated heterocycles. The molecule has 0 aliphatic rings. The molecule has 0 rings (SSSR count). The lowest BCUT2D eigenvalue weighted by atomic mass is 10.1. The van der Waals surface area contributed by atoms with Crippen molar-refractivity contribution in [3.8, 4) is 0 Å². The fourth-order valence-electron chi connectivity index (χ4n) is 6.36. The molecular formula is C48H89O9P. The maximum Gasteiger partial charge on any atom is 0.472 e. The Morgan fingerprint density at radius 2 is 0.931 bits per heavy atom. The standard InChI is InChI=1S/C48H89O9P/c1-3-5-7-9-11-13-15-17-19-20-21-22-23-24-25-27-29-31-33-35-37-39-41-54-44-47(45-56-58(52,53)55-43-46(50)42-49)57-48(51)40-38-36-34-32-30-28-26-18-16-14-12-10-8-6-4-2/h12,14-15,17-18,20-21,26,46-47,49-50H,3-11,13,16,19,22-25,27-45H2,1-2H3,(H,52,53)/b14-12-,17-15-,21-20-,26-18-. The van der Waals surface area contributed by atoms with Crippen LogP contribution in [0.1, 0.15) is 206 Å². The van der Waals surface area contributed by atoms with Gasteiger partial charge in [-0.15, -0.1) is 0 Å². The molecule has 0 amide bonds. The van der Waals surface area contributed by atoms with E-state index in [0.29, 0.717) is 13.0 Å². The first kappa shape index (κ1) is 56.4. The van der Waals surface area contributed by atoms with Crippen molar-refractivity contribution in [1.29, 1.82) is 0 Å². The molecule has 10 heteroatoms. The number of carbonyl (C=O) groups excluding carboxylic acids is 1. The van der Waals surface area contributed by atoms with E-state index in [0.717, 1.165) is 64.2 Å². The second-order valence-electron chi connectivity index (χ2n) is 15.8. The second kappa shape index (κ2) is 45.0. The molecule has 0 aromatic rings. The van der Waals surface area contributed by atoms with E-state index in [4.69, 9.17) is 23.6 Å². The number of phosphoric ester groups is 1. The van der Waals surface area contributed by atoms with E-state index >= 15 is 0 Å². The van der Waals surface area contributed by atoms with E-state index < -0.39 is 39.2 Å². The van der Waals surface area contributed by atoms with Gasteiger partial charge in [-0.2, -0.15) is 0 Å². The molecule has 3 atom stereocenters. The molecule has 0 aromatic carbocycles. The van der Waals surface area contributed by atoms with Crippen LogP contribution in [0.2, 0.25) is 0 Å². The third-order valence-electron chi connectivity index (χ3n) is 9.99. The minimum Gasteiger partial charge on any atom is -0.457 e. The Labute approximate surface area is 356 Å². The van der Waals surface area contributed by atoms with Crippen molar-refractivity contribution in [3.05, 3.63) is 48.6 Å². The maximum absolute atomic E-state index is 12.6. The van der Waals surface area contributed by atoms with Gasteiger partial charge in [0.2, 0.25) is 0 Å². The van der Waals surface area contributed by atoms with Gasteiger partial charge in [-0.05, 0) is 77.0 Å². The first-order chi connectivity index (χ1) is 28.3. The number of carbonyl (C=O) groups is 1. The Hall–Kier alpha value is -1.58. The molecule has 340 valence electrons. The van der Waals surface area contributed by atoms with Gasteiger partial charge in [-0.25, -0.2) is 4.57 Å². The van der Waals surface area contributed by atoms with Crippen molar-refractivity contribution in [2.45, 2.75) is 219 Å². The Morgan fingerprint density at radius 1 is 0.534 bits per heavy atom. The van der Waals surface area contributed by atoms with Crippen LogP contribution in [-0.2, 0) is 27.9 Å². The molecular weight excluding hydrogens is 751 g/mol. The average molecular weight is 841 g/mol. The zero-order valence-electron chi connectivity index (χ0n) is 37.3. The van der Waals surface area contributed by atoms with Crippen molar-refractivity contribution < 1.29 is 43.0 Å². The number of unbranched alkanes of at least 4 members (excludes halogenated alkanes) is 23. The van der Waals surface area contributed by atoms with Gasteiger partial charge in [0, 0.05) is 13.0 Å². The Bertz CT molecular complexity index is 1040. The largest absolute Gasteiger partial charge is 0.472 e. The SMILES string of the molecule is CCCCC/C=C\C/C=C\CCCCCCCC(=O)OC(COCCCCCCCCCCCC/C=C\C/C=C\CCCCCCC)COP(=O)(O)OCC(O)CO. The fourth-order valence-corrected chi connectivity index (χ4v) is 7.15. The molecule has 0 fully saturated rings. The highest BCUT2D eigenvalue weighted by atomic mass is 31.2. The lowest BCUT2D eigenvalue weighted by Crippen LogP contribution is -2.29. The van der Waals surface area contributed by atoms with Gasteiger partial charge < -0.3 is 24.6 Å². The van der Waals surface area contributed by atoms with E-state index in [1.807, 2.05) is 0 Å². The molecule has 0 spiro atoms. The number of rotatable bonds is 45. The van der Waals surface area contributed by atoms with Gasteiger partial charge in [0.25, 0.3) is 0 Å². The van der Waals surface area contributed by atoms with Crippen LogP contribution in [-0.4, -0.2) is 66.3 Å². The molecule has 3 N–H and O–H groups in total. The quantitative estimate of drug-likeness (QED) is 0.0237. The summed E-state index contributed by atoms with van der Waals surface area (Å²) in [6.45, 7) is 3.47. The molecule has 9 nitrogen and oxygen atoms in total. The van der Waals surface area contributed by atoms with Crippen molar-refractivity contribution in [2.75, 3.05) is 33.0 Å². The first-order valence-electron chi connectivity index (χ1n) is 23.6. The number of allylic oxidation sites excluding steroid dienone is 8. The normalized spacial score (nSPS) is 14.4. The zero-order valence-corrected chi connectivity index (χ0v) is 38.2. The number of hydrogen-bond acceptors (Lipinski definition) is 8. The lowest BCUT2D eigenvalue weighted by Gasteiger charge is -2.20. The highest BCUT2D eigenvalue weighted by Crippen LogP contribution is 2.43. The summed E-state index contributed by atoms with van der Waals surface area (Å²) in [5.74, 6) is -0.397. The Balaban J connectivity index is 4.12. The molecule has 0 heterocycles. The zero-order chi connectivity index (χ0) is 42.5. The van der Waals surface area contributed by atoms with Crippen LogP contribution >= 0.6 is 7.82 Å². The monoisotopic (exact) mass is 841 g/mol. The smallest absolute Gasteiger partial charge is 0.457 e. The Kier molecular flexibility index (Phi) is 43.7. The van der Waals surface area contributed by atoms with Gasteiger partial charge in [0.1, 0.15) is 12.2 Å². The van der Waals surface area contributed by atoms with E-state index in [1.54, 1.807) is 0 Å². The van der Waals surface area contributed by atoms with Crippen LogP contribution in [0.5, 0.6) is 0 Å². The van der Waals surface area contributed by atoms with Crippen molar-refractivity contribution in [1.82, 2.24) is 0 Å². The molecule has 0 aliphatic carbocycles. The van der Waals surface area contributed by atoms with Crippen LogP contribution in [0.15, 0.2) is 48.6 Å². The van der Waals surface area contributed by atoms with Gasteiger partial charge in [-0.3, -0.25) is 13.8 Å². The lowest BCUT2D eigenvalue weighted by molar-refractivity contribution is -0.154. The third-order valence-corrected chi connectivity index (χ3v) is 10.9. The number of ether oxygens (including phenoxy) is 2. The molecule has 0 aliphatic heterocycles. The number of esters is 1. The summed E-state index contributed by atoms with van der Waals surface area (Å²) in [5, 5.41) is 18.4. The van der Waals surface area contributed by atoms with Gasteiger partial charge in [-0.1, -0.05) is 172 Å². The summed E-state index contributed by atoms with van der Waals surface area (Å²) in [6.07, 6.45) is 50.7. The van der Waals surface area contributed by atoms with E-state index in [9.17, 15) is 19.4 Å². The fraction of sp³-hybridized carbons (Fsp3) is 0.812. The molecule has 0 radical (unpaired) electrons. The number of aliphatic hydroxyl groups is 2. The molecule has 0 bridgehead atoms. The summed E-state index contributed by atoms with van der Waals surface area (Å²) in [5.41, 5.74) is 0. The molecule has 0 aromatic heterocycles. The maximum atomic E-state index is 12.6. The van der Waals surface area contributed by atoms with Crippen LogP contribution in [0.3, 0.4) is 0 Å². The first-order valence-corrected chi connectivity index (χ1v) is 25.1. The highest BCUT2D eigenvalue weighted by molar-refractivity contribution is 7.47. The van der Waals surface area contributed by atoms with Gasteiger partial charge in [0.15, 0.2) is 0 Å². The minimum absolute atomic E-state index is 0.0409. The molecule has 58 heavy (non-hydrogen) atoms. The highest BCUT2D eigenvalue weighted by Gasteiger charge is 2.26. The second-order valence-corrected chi connectivity index (χ2v) is 17.2. The summed E-state index contributed by atoms with van der Waals surface area (Å²) in [7, 11) is -4.52. The number of phosphoric acid groups is 1. The summed E-state index contributed by atoms with van der Waals surface area (Å²) < 4.78 is 33.4. The van der Waals surface area contributed by atoms with E-state index in [1.165, 1.54) is 116 Å². The van der Waals surface area contributed by atoms with Crippen LogP contribution in [0.4, 0.5) is 0 Å². The van der Waals surface area contributed by atoms with E-state index in [2.05, 4.69) is 62.5 Å². The van der Waals surface area contributed by atoms with Gasteiger partial charge in [0.05, 0.1) is 26.4 Å². The predicted octanol–water partition coefficient (Wildman–Crippen LogP) is 13.4. The van der Waals surface area contributed by atoms with Crippen molar-refractivity contribution >= 4 is 13.8 Å². The van der Waals surface area contributed by atoms with Crippen molar-refractivity contribution in [3.63, 3.8) is 0 Å². The van der Waals surface area contributed by atoms with E-state index in [-0.39, 0.29) is 19.6 Å². The predicted molar refractivity (Wildman–Crippen MR) is 242 cm³/mol. The third kappa shape index (κ3) is 44.0. The summed E-state index contributed by atoms with van der Waals surface area (Å²) in [6, 6.07) is 0. The number of hydrogen-bond donors (Lipinski definition) is 3. The summed E-state index contributed by atoms with van der Waals surface area (Å²) >= 11 is 0. The number of aliphatic hydroxyl groups excluding tert-OH is 2.